The van der Waals surface area contributed by atoms with Crippen molar-refractivity contribution in [3.63, 3.8) is 0 Å². The third kappa shape index (κ3) is 4.66. The Morgan fingerprint density at radius 2 is 1.96 bits per heavy atom. The Balaban J connectivity index is 2.08. The molecule has 0 saturated carbocycles. The molecule has 6 nitrogen and oxygen atoms in total. The van der Waals surface area contributed by atoms with Crippen LogP contribution in [0.25, 0.3) is 0 Å². The highest BCUT2D eigenvalue weighted by molar-refractivity contribution is 6.17. The van der Waals surface area contributed by atoms with Crippen LogP contribution in [0.4, 0.5) is 0 Å². The van der Waals surface area contributed by atoms with Crippen molar-refractivity contribution in [3.8, 4) is 0 Å². The fraction of sp³-hybridized carbons (Fsp3) is 0.944. The Morgan fingerprint density at radius 3 is 2.56 bits per heavy atom. The summed E-state index contributed by atoms with van der Waals surface area (Å²) in [6.07, 6.45) is -0.783. The van der Waals surface area contributed by atoms with E-state index in [4.69, 9.17) is 30.5 Å². The predicted octanol–water partition coefficient (Wildman–Crippen LogP) is 2.49. The van der Waals surface area contributed by atoms with Gasteiger partial charge in [-0.1, -0.05) is 13.8 Å². The molecule has 25 heavy (non-hydrogen) atoms. The highest BCUT2D eigenvalue weighted by atomic mass is 35.5. The molecule has 0 aliphatic carbocycles. The molecular formula is C18H31ClO6. The predicted molar refractivity (Wildman–Crippen MR) is 93.4 cm³/mol. The number of aliphatic hydroxyl groups is 1. The molecule has 2 saturated heterocycles. The second-order valence-corrected chi connectivity index (χ2v) is 8.87. The topological polar surface area (TPSA) is 74.2 Å². The van der Waals surface area contributed by atoms with Crippen LogP contribution in [-0.4, -0.2) is 60.9 Å². The molecule has 0 aromatic rings. The SMILES string of the molecule is CC(C)(C)C(=O)OC[C@H]1OCO[C@H]2[C@@H]1O[C@H](CCCCl)C(C)(C)[C@H]2O. The number of carbonyl (C=O) groups is 1. The van der Waals surface area contributed by atoms with Gasteiger partial charge in [-0.05, 0) is 33.6 Å². The van der Waals surface area contributed by atoms with E-state index in [2.05, 4.69) is 0 Å². The Labute approximate surface area is 155 Å². The minimum absolute atomic E-state index is 0.0434. The summed E-state index contributed by atoms with van der Waals surface area (Å²) >= 11 is 5.82. The Morgan fingerprint density at radius 1 is 1.28 bits per heavy atom. The van der Waals surface area contributed by atoms with Crippen LogP contribution in [-0.2, 0) is 23.7 Å². The first-order valence-corrected chi connectivity index (χ1v) is 9.42. The smallest absolute Gasteiger partial charge is 0.311 e. The molecule has 0 unspecified atom stereocenters. The van der Waals surface area contributed by atoms with Gasteiger partial charge in [0.05, 0.1) is 17.6 Å². The lowest BCUT2D eigenvalue weighted by Crippen LogP contribution is -2.65. The average molecular weight is 379 g/mol. The molecule has 0 bridgehead atoms. The monoisotopic (exact) mass is 378 g/mol. The Bertz CT molecular complexity index is 461. The number of rotatable bonds is 5. The van der Waals surface area contributed by atoms with Crippen molar-refractivity contribution in [1.29, 1.82) is 0 Å². The Hall–Kier alpha value is -0.400. The van der Waals surface area contributed by atoms with Crippen LogP contribution < -0.4 is 0 Å². The quantitative estimate of drug-likeness (QED) is 0.585. The average Bonchev–Trinajstić information content (AvgIpc) is 2.54. The van der Waals surface area contributed by atoms with Crippen LogP contribution in [0.3, 0.4) is 0 Å². The van der Waals surface area contributed by atoms with Crippen molar-refractivity contribution in [2.75, 3.05) is 19.3 Å². The summed E-state index contributed by atoms with van der Waals surface area (Å²) in [7, 11) is 0. The molecule has 1 N–H and O–H groups in total. The van der Waals surface area contributed by atoms with E-state index in [1.807, 2.05) is 13.8 Å². The summed E-state index contributed by atoms with van der Waals surface area (Å²) in [5.41, 5.74) is -1.04. The van der Waals surface area contributed by atoms with Gasteiger partial charge in [0.1, 0.15) is 31.7 Å². The number of fused-ring (bicyclic) bond motifs is 1. The van der Waals surface area contributed by atoms with Gasteiger partial charge in [-0.3, -0.25) is 4.79 Å². The molecule has 0 aromatic carbocycles. The first-order valence-electron chi connectivity index (χ1n) is 8.89. The maximum atomic E-state index is 12.0. The molecule has 0 aromatic heterocycles. The molecule has 2 aliphatic heterocycles. The standard InChI is InChI=1S/C18H31ClO6/c1-17(2,3)16(21)22-9-11-13-14(24-10-23-11)15(20)18(4,5)12(25-13)7-6-8-19/h11-15,20H,6-10H2,1-5H3/t11-,12-,13-,14+,15+/m1/s1. The summed E-state index contributed by atoms with van der Waals surface area (Å²) in [6.45, 7) is 9.47. The van der Waals surface area contributed by atoms with Crippen molar-refractivity contribution >= 4 is 17.6 Å². The normalized spacial score (nSPS) is 35.1. The number of ether oxygens (including phenoxy) is 4. The second-order valence-electron chi connectivity index (χ2n) is 8.49. The summed E-state index contributed by atoms with van der Waals surface area (Å²) in [4.78, 5) is 12.0. The van der Waals surface area contributed by atoms with Crippen molar-refractivity contribution in [3.05, 3.63) is 0 Å². The largest absolute Gasteiger partial charge is 0.462 e. The van der Waals surface area contributed by atoms with E-state index in [0.717, 1.165) is 12.8 Å². The lowest BCUT2D eigenvalue weighted by Gasteiger charge is -2.53. The van der Waals surface area contributed by atoms with E-state index in [9.17, 15) is 9.90 Å². The van der Waals surface area contributed by atoms with Gasteiger partial charge in [-0.25, -0.2) is 0 Å². The van der Waals surface area contributed by atoms with Crippen molar-refractivity contribution < 1.29 is 28.8 Å². The second kappa shape index (κ2) is 8.09. The maximum Gasteiger partial charge on any atom is 0.311 e. The summed E-state index contributed by atoms with van der Waals surface area (Å²) in [5.74, 6) is 0.245. The molecule has 5 atom stereocenters. The van der Waals surface area contributed by atoms with Gasteiger partial charge in [-0.2, -0.15) is 0 Å². The van der Waals surface area contributed by atoms with Crippen molar-refractivity contribution in [2.45, 2.75) is 78.0 Å². The number of carbonyl (C=O) groups excluding carboxylic acids is 1. The van der Waals surface area contributed by atoms with Gasteiger partial charge in [0, 0.05) is 11.3 Å². The third-order valence-corrected chi connectivity index (χ3v) is 5.32. The van der Waals surface area contributed by atoms with E-state index in [0.29, 0.717) is 5.88 Å². The van der Waals surface area contributed by atoms with Crippen molar-refractivity contribution in [2.24, 2.45) is 10.8 Å². The fourth-order valence-electron chi connectivity index (χ4n) is 3.24. The highest BCUT2D eigenvalue weighted by Crippen LogP contribution is 2.42. The number of hydrogen-bond acceptors (Lipinski definition) is 6. The van der Waals surface area contributed by atoms with E-state index in [-0.39, 0.29) is 25.5 Å². The highest BCUT2D eigenvalue weighted by Gasteiger charge is 2.54. The van der Waals surface area contributed by atoms with Crippen LogP contribution in [0.2, 0.25) is 0 Å². The first kappa shape index (κ1) is 20.9. The van der Waals surface area contributed by atoms with Gasteiger partial charge in [-0.15, -0.1) is 11.6 Å². The van der Waals surface area contributed by atoms with Crippen LogP contribution in [0.5, 0.6) is 0 Å². The third-order valence-electron chi connectivity index (χ3n) is 5.05. The number of hydrogen-bond donors (Lipinski definition) is 1. The van der Waals surface area contributed by atoms with E-state index in [1.54, 1.807) is 20.8 Å². The molecule has 2 aliphatic rings. The summed E-state index contributed by atoms with van der Waals surface area (Å²) < 4.78 is 22.9. The Kier molecular flexibility index (Phi) is 6.77. The molecule has 0 amide bonds. The van der Waals surface area contributed by atoms with Gasteiger partial charge in [0.15, 0.2) is 0 Å². The van der Waals surface area contributed by atoms with E-state index in [1.165, 1.54) is 0 Å². The van der Waals surface area contributed by atoms with E-state index < -0.39 is 35.2 Å². The van der Waals surface area contributed by atoms with E-state index >= 15 is 0 Å². The zero-order valence-corrected chi connectivity index (χ0v) is 16.5. The summed E-state index contributed by atoms with van der Waals surface area (Å²) in [6, 6.07) is 0. The van der Waals surface area contributed by atoms with Gasteiger partial charge in [0.25, 0.3) is 0 Å². The van der Waals surface area contributed by atoms with Gasteiger partial charge >= 0.3 is 5.97 Å². The van der Waals surface area contributed by atoms with Crippen LogP contribution in [0.1, 0.15) is 47.5 Å². The number of alkyl halides is 1. The van der Waals surface area contributed by atoms with Gasteiger partial charge in [0.2, 0.25) is 0 Å². The molecule has 7 heteroatoms. The zero-order chi connectivity index (χ0) is 18.8. The minimum atomic E-state index is -0.698. The van der Waals surface area contributed by atoms with Gasteiger partial charge < -0.3 is 24.1 Å². The molecule has 2 rings (SSSR count). The van der Waals surface area contributed by atoms with Crippen molar-refractivity contribution in [1.82, 2.24) is 0 Å². The van der Waals surface area contributed by atoms with Crippen LogP contribution >= 0.6 is 11.6 Å². The molecular weight excluding hydrogens is 348 g/mol. The molecule has 2 fully saturated rings. The molecule has 0 radical (unpaired) electrons. The first-order chi connectivity index (χ1) is 11.6. The lowest BCUT2D eigenvalue weighted by atomic mass is 9.72. The molecule has 2 heterocycles. The van der Waals surface area contributed by atoms with Crippen LogP contribution in [0.15, 0.2) is 0 Å². The fourth-order valence-corrected chi connectivity index (χ4v) is 3.40. The molecule has 146 valence electrons. The lowest BCUT2D eigenvalue weighted by molar-refractivity contribution is -0.327. The minimum Gasteiger partial charge on any atom is -0.462 e. The maximum absolute atomic E-state index is 12.0. The number of halogens is 1. The molecule has 0 spiro atoms. The number of esters is 1. The summed E-state index contributed by atoms with van der Waals surface area (Å²) in [5, 5.41) is 10.8. The van der Waals surface area contributed by atoms with Crippen LogP contribution in [0, 0.1) is 10.8 Å². The number of aliphatic hydroxyl groups excluding tert-OH is 1. The zero-order valence-electron chi connectivity index (χ0n) is 15.8.